The number of furan rings is 1. The van der Waals surface area contributed by atoms with Crippen molar-refractivity contribution in [2.24, 2.45) is 0 Å². The van der Waals surface area contributed by atoms with Crippen LogP contribution in [-0.2, 0) is 6.54 Å². The van der Waals surface area contributed by atoms with Crippen LogP contribution in [-0.4, -0.2) is 31.5 Å². The third-order valence-electron chi connectivity index (χ3n) is 4.28. The zero-order chi connectivity index (χ0) is 20.3. The number of fused-ring (bicyclic) bond motifs is 1. The van der Waals surface area contributed by atoms with Crippen molar-refractivity contribution in [3.05, 3.63) is 65.7 Å². The van der Waals surface area contributed by atoms with Crippen LogP contribution in [0.5, 0.6) is 5.75 Å². The van der Waals surface area contributed by atoms with Crippen molar-refractivity contribution < 1.29 is 27.1 Å². The highest BCUT2D eigenvalue weighted by Gasteiger charge is 2.27. The summed E-state index contributed by atoms with van der Waals surface area (Å²) in [6, 6.07) is 10.2. The lowest BCUT2D eigenvalue weighted by Gasteiger charge is -2.23. The fourth-order valence-corrected chi connectivity index (χ4v) is 2.83. The summed E-state index contributed by atoms with van der Waals surface area (Å²) in [6.07, 6.45) is -2.92. The van der Waals surface area contributed by atoms with E-state index < -0.39 is 24.3 Å². The molecule has 148 valence electrons. The van der Waals surface area contributed by atoms with Gasteiger partial charge in [-0.1, -0.05) is 24.3 Å². The molecule has 0 aliphatic rings. The van der Waals surface area contributed by atoms with Gasteiger partial charge in [0.1, 0.15) is 17.4 Å². The molecule has 0 aliphatic heterocycles. The third-order valence-corrected chi connectivity index (χ3v) is 4.28. The number of halogens is 3. The Morgan fingerprint density at radius 2 is 1.96 bits per heavy atom. The summed E-state index contributed by atoms with van der Waals surface area (Å²) in [4.78, 5) is 13.6. The molecule has 3 rings (SSSR count). The normalized spacial score (nSPS) is 12.2. The maximum atomic E-state index is 13.9. The van der Waals surface area contributed by atoms with Gasteiger partial charge in [0.05, 0.1) is 13.7 Å². The molecular weight excluding hydrogens is 373 g/mol. The van der Waals surface area contributed by atoms with E-state index >= 15 is 0 Å². The predicted octanol–water partition coefficient (Wildman–Crippen LogP) is 4.73. The van der Waals surface area contributed by atoms with E-state index in [2.05, 4.69) is 5.32 Å². The Labute approximate surface area is 159 Å². The molecule has 1 aromatic heterocycles. The first-order valence-corrected chi connectivity index (χ1v) is 8.49. The van der Waals surface area contributed by atoms with Crippen molar-refractivity contribution >= 4 is 17.0 Å². The first-order chi connectivity index (χ1) is 13.4. The number of nitrogens with one attached hydrogen (secondary N) is 1. The van der Waals surface area contributed by atoms with E-state index in [0.29, 0.717) is 11.3 Å². The highest BCUT2D eigenvalue weighted by molar-refractivity contribution is 5.78. The van der Waals surface area contributed by atoms with Crippen LogP contribution in [0.15, 0.2) is 52.9 Å². The zero-order valence-corrected chi connectivity index (χ0v) is 15.3. The molecule has 28 heavy (non-hydrogen) atoms. The summed E-state index contributed by atoms with van der Waals surface area (Å²) in [5.74, 6) is -0.330. The Kier molecular flexibility index (Phi) is 5.77. The van der Waals surface area contributed by atoms with E-state index in [1.807, 2.05) is 18.2 Å². The highest BCUT2D eigenvalue weighted by Crippen LogP contribution is 2.26. The summed E-state index contributed by atoms with van der Waals surface area (Å²) < 4.78 is 51.2. The van der Waals surface area contributed by atoms with Crippen LogP contribution in [0.2, 0.25) is 0 Å². The standard InChI is InChI=1S/C20H19F3N2O3/c1-25(11-14-9-12-5-3-4-6-16(12)28-14)20(26)24-18(19(22)23)13-7-8-17(27-2)15(21)10-13/h3-10,18-19H,11H2,1-2H3,(H,24,26)/t18-/m1/s1. The van der Waals surface area contributed by atoms with Gasteiger partial charge >= 0.3 is 6.03 Å². The molecule has 2 aromatic carbocycles. The van der Waals surface area contributed by atoms with Gasteiger partial charge in [0.2, 0.25) is 0 Å². The van der Waals surface area contributed by atoms with Crippen LogP contribution in [0.25, 0.3) is 11.0 Å². The van der Waals surface area contributed by atoms with E-state index in [9.17, 15) is 18.0 Å². The maximum Gasteiger partial charge on any atom is 0.318 e. The molecule has 3 aromatic rings. The predicted molar refractivity (Wildman–Crippen MR) is 97.9 cm³/mol. The molecule has 0 fully saturated rings. The fourth-order valence-electron chi connectivity index (χ4n) is 2.83. The molecule has 8 heteroatoms. The van der Waals surface area contributed by atoms with Crippen LogP contribution >= 0.6 is 0 Å². The lowest BCUT2D eigenvalue weighted by atomic mass is 10.1. The van der Waals surface area contributed by atoms with Crippen LogP contribution in [0, 0.1) is 5.82 Å². The second kappa shape index (κ2) is 8.24. The monoisotopic (exact) mass is 392 g/mol. The lowest BCUT2D eigenvalue weighted by molar-refractivity contribution is 0.0968. The molecule has 0 saturated carbocycles. The Bertz CT molecular complexity index is 941. The second-order valence-corrected chi connectivity index (χ2v) is 6.26. The van der Waals surface area contributed by atoms with Crippen LogP contribution in [0.3, 0.4) is 0 Å². The minimum absolute atomic E-state index is 0.0567. The number of ether oxygens (including phenoxy) is 1. The molecule has 0 bridgehead atoms. The molecule has 2 amide bonds. The van der Waals surface area contributed by atoms with Gasteiger partial charge in [-0.05, 0) is 29.8 Å². The largest absolute Gasteiger partial charge is 0.494 e. The summed E-state index contributed by atoms with van der Waals surface area (Å²) in [5, 5.41) is 3.12. The van der Waals surface area contributed by atoms with Gasteiger partial charge in [-0.3, -0.25) is 0 Å². The number of para-hydroxylation sites is 1. The number of carbonyl (C=O) groups is 1. The quantitative estimate of drug-likeness (QED) is 0.660. The van der Waals surface area contributed by atoms with Crippen molar-refractivity contribution in [2.45, 2.75) is 19.0 Å². The minimum Gasteiger partial charge on any atom is -0.494 e. The summed E-state index contributed by atoms with van der Waals surface area (Å²) in [5.41, 5.74) is 0.615. The van der Waals surface area contributed by atoms with Gasteiger partial charge < -0.3 is 19.4 Å². The van der Waals surface area contributed by atoms with E-state index in [0.717, 1.165) is 11.5 Å². The van der Waals surface area contributed by atoms with Gasteiger partial charge in [0.25, 0.3) is 6.43 Å². The second-order valence-electron chi connectivity index (χ2n) is 6.26. The Morgan fingerprint density at radius 1 is 1.21 bits per heavy atom. The topological polar surface area (TPSA) is 54.7 Å². The summed E-state index contributed by atoms with van der Waals surface area (Å²) in [7, 11) is 2.73. The number of hydrogen-bond acceptors (Lipinski definition) is 3. The number of nitrogens with zero attached hydrogens (tertiary/aromatic N) is 1. The van der Waals surface area contributed by atoms with E-state index in [1.165, 1.54) is 31.2 Å². The fraction of sp³-hybridized carbons (Fsp3) is 0.250. The van der Waals surface area contributed by atoms with Crippen LogP contribution < -0.4 is 10.1 Å². The zero-order valence-electron chi connectivity index (χ0n) is 15.3. The maximum absolute atomic E-state index is 13.9. The van der Waals surface area contributed by atoms with E-state index in [-0.39, 0.29) is 17.9 Å². The number of carbonyl (C=O) groups excluding carboxylic acids is 1. The average Bonchev–Trinajstić information content (AvgIpc) is 3.07. The van der Waals surface area contributed by atoms with E-state index in [4.69, 9.17) is 9.15 Å². The minimum atomic E-state index is -2.92. The third kappa shape index (κ3) is 4.21. The van der Waals surface area contributed by atoms with Crippen molar-refractivity contribution in [1.29, 1.82) is 0 Å². The van der Waals surface area contributed by atoms with Gasteiger partial charge in [-0.25, -0.2) is 18.0 Å². The molecule has 5 nitrogen and oxygen atoms in total. The molecule has 0 radical (unpaired) electrons. The summed E-state index contributed by atoms with van der Waals surface area (Å²) in [6.45, 7) is 0.0907. The number of alkyl halides is 2. The van der Waals surface area contributed by atoms with Gasteiger partial charge in [0, 0.05) is 12.4 Å². The Morgan fingerprint density at radius 3 is 2.61 bits per heavy atom. The van der Waals surface area contributed by atoms with Crippen molar-refractivity contribution in [3.63, 3.8) is 0 Å². The molecule has 1 N–H and O–H groups in total. The number of rotatable bonds is 6. The number of benzene rings is 2. The van der Waals surface area contributed by atoms with Gasteiger partial charge in [-0.2, -0.15) is 0 Å². The molecule has 0 aliphatic carbocycles. The van der Waals surface area contributed by atoms with Crippen molar-refractivity contribution in [1.82, 2.24) is 10.2 Å². The average molecular weight is 392 g/mol. The molecule has 0 unspecified atom stereocenters. The molecular formula is C20H19F3N2O3. The van der Waals surface area contributed by atoms with Crippen LogP contribution in [0.4, 0.5) is 18.0 Å². The summed E-state index contributed by atoms with van der Waals surface area (Å²) >= 11 is 0. The van der Waals surface area contributed by atoms with Gasteiger partial charge in [0.15, 0.2) is 11.6 Å². The number of amides is 2. The van der Waals surface area contributed by atoms with Gasteiger partial charge in [-0.15, -0.1) is 0 Å². The molecule has 1 atom stereocenters. The molecule has 0 saturated heterocycles. The van der Waals surface area contributed by atoms with Crippen LogP contribution in [0.1, 0.15) is 17.4 Å². The lowest BCUT2D eigenvalue weighted by Crippen LogP contribution is -2.41. The number of hydrogen-bond donors (Lipinski definition) is 1. The number of urea groups is 1. The van der Waals surface area contributed by atoms with Crippen molar-refractivity contribution in [2.75, 3.05) is 14.2 Å². The van der Waals surface area contributed by atoms with Crippen molar-refractivity contribution in [3.8, 4) is 5.75 Å². The molecule has 1 heterocycles. The smallest absolute Gasteiger partial charge is 0.318 e. The Hall–Kier alpha value is -3.16. The first-order valence-electron chi connectivity index (χ1n) is 8.49. The van der Waals surface area contributed by atoms with E-state index in [1.54, 1.807) is 12.1 Å². The number of methoxy groups -OCH3 is 1. The molecule has 0 spiro atoms. The Balaban J connectivity index is 1.71. The SMILES string of the molecule is COc1ccc([C@@H](NC(=O)N(C)Cc2cc3ccccc3o2)C(F)F)cc1F. The first kappa shape index (κ1) is 19.6. The highest BCUT2D eigenvalue weighted by atomic mass is 19.3.